The number of nitrogens with zero attached hydrogens (tertiary/aromatic N) is 2. The number of rotatable bonds is 2. The third-order valence-electron chi connectivity index (χ3n) is 2.72. The van der Waals surface area contributed by atoms with Crippen molar-refractivity contribution < 1.29 is 13.5 Å². The van der Waals surface area contributed by atoms with Crippen LogP contribution in [0.3, 0.4) is 0 Å². The fourth-order valence-corrected chi connectivity index (χ4v) is 3.18. The molecule has 7 heteroatoms. The van der Waals surface area contributed by atoms with Crippen molar-refractivity contribution >= 4 is 10.0 Å². The van der Waals surface area contributed by atoms with Crippen LogP contribution < -0.4 is 0 Å². The van der Waals surface area contributed by atoms with Gasteiger partial charge in [0.25, 0.3) is 10.0 Å². The molecule has 90 valence electrons. The number of imidazole rings is 1. The van der Waals surface area contributed by atoms with Gasteiger partial charge in [0.2, 0.25) is 0 Å². The Morgan fingerprint density at radius 2 is 2.12 bits per heavy atom. The molecule has 16 heavy (non-hydrogen) atoms. The van der Waals surface area contributed by atoms with E-state index in [-0.39, 0.29) is 11.1 Å². The highest BCUT2D eigenvalue weighted by Crippen LogP contribution is 2.19. The molecule has 0 saturated carbocycles. The summed E-state index contributed by atoms with van der Waals surface area (Å²) in [4.78, 5) is 6.60. The molecule has 2 rings (SSSR count). The number of nitrogens with one attached hydrogen (secondary N) is 1. The van der Waals surface area contributed by atoms with Gasteiger partial charge in [0.15, 0.2) is 5.03 Å². The average Bonchev–Trinajstić information content (AvgIpc) is 2.66. The van der Waals surface area contributed by atoms with E-state index in [0.29, 0.717) is 31.8 Å². The van der Waals surface area contributed by atoms with Gasteiger partial charge in [0.1, 0.15) is 5.82 Å². The highest BCUT2D eigenvalue weighted by atomic mass is 32.2. The maximum Gasteiger partial charge on any atom is 0.260 e. The highest BCUT2D eigenvalue weighted by molar-refractivity contribution is 7.89. The number of hydrogen-bond acceptors (Lipinski definition) is 4. The summed E-state index contributed by atoms with van der Waals surface area (Å²) in [6.07, 6.45) is 1.93. The molecule has 0 amide bonds. The lowest BCUT2D eigenvalue weighted by Gasteiger charge is -2.28. The zero-order valence-electron chi connectivity index (χ0n) is 9.05. The third-order valence-corrected chi connectivity index (χ3v) is 4.53. The van der Waals surface area contributed by atoms with Gasteiger partial charge in [-0.15, -0.1) is 0 Å². The number of aromatic amines is 1. The Morgan fingerprint density at radius 3 is 2.62 bits per heavy atom. The van der Waals surface area contributed by atoms with Crippen molar-refractivity contribution in [1.82, 2.24) is 14.3 Å². The molecular weight excluding hydrogens is 230 g/mol. The molecule has 0 atom stereocenters. The summed E-state index contributed by atoms with van der Waals surface area (Å²) in [6, 6.07) is 0. The van der Waals surface area contributed by atoms with E-state index in [1.807, 2.05) is 0 Å². The number of sulfonamides is 1. The van der Waals surface area contributed by atoms with Gasteiger partial charge >= 0.3 is 0 Å². The first kappa shape index (κ1) is 11.6. The lowest BCUT2D eigenvalue weighted by atomic mass is 10.1. The molecule has 2 heterocycles. The standard InChI is InChI=1S/C9H15N3O3S/c1-7-10-6-9(11-7)16(14,15)12-4-2-8(13)3-5-12/h6,8,13H,2-5H2,1H3,(H,10,11). The van der Waals surface area contributed by atoms with Gasteiger partial charge in [0, 0.05) is 13.1 Å². The number of aliphatic hydroxyl groups excluding tert-OH is 1. The largest absolute Gasteiger partial charge is 0.393 e. The number of aromatic nitrogens is 2. The first-order chi connectivity index (χ1) is 7.50. The fourth-order valence-electron chi connectivity index (χ4n) is 1.75. The van der Waals surface area contributed by atoms with E-state index in [9.17, 15) is 13.5 Å². The van der Waals surface area contributed by atoms with Crippen LogP contribution in [0, 0.1) is 6.92 Å². The maximum atomic E-state index is 12.1. The molecule has 1 fully saturated rings. The summed E-state index contributed by atoms with van der Waals surface area (Å²) < 4.78 is 25.5. The number of piperidine rings is 1. The van der Waals surface area contributed by atoms with E-state index in [1.165, 1.54) is 10.5 Å². The van der Waals surface area contributed by atoms with Crippen LogP contribution in [0.15, 0.2) is 11.2 Å². The van der Waals surface area contributed by atoms with Crippen molar-refractivity contribution in [3.63, 3.8) is 0 Å². The molecule has 0 aliphatic carbocycles. The molecule has 0 unspecified atom stereocenters. The zero-order valence-corrected chi connectivity index (χ0v) is 9.87. The van der Waals surface area contributed by atoms with Gasteiger partial charge in [-0.2, -0.15) is 4.31 Å². The van der Waals surface area contributed by atoms with Crippen LogP contribution in [0.4, 0.5) is 0 Å². The van der Waals surface area contributed by atoms with Crippen LogP contribution in [0.25, 0.3) is 0 Å². The van der Waals surface area contributed by atoms with Crippen molar-refractivity contribution in [3.05, 3.63) is 12.0 Å². The van der Waals surface area contributed by atoms with Crippen molar-refractivity contribution in [2.75, 3.05) is 13.1 Å². The lowest BCUT2D eigenvalue weighted by molar-refractivity contribution is 0.113. The molecule has 1 saturated heterocycles. The molecule has 1 aliphatic rings. The Balaban J connectivity index is 2.20. The maximum absolute atomic E-state index is 12.1. The Hall–Kier alpha value is -0.920. The molecule has 0 radical (unpaired) electrons. The minimum absolute atomic E-state index is 0.126. The van der Waals surface area contributed by atoms with Crippen molar-refractivity contribution in [2.24, 2.45) is 0 Å². The minimum atomic E-state index is -3.46. The Bertz CT molecular complexity index is 460. The highest BCUT2D eigenvalue weighted by Gasteiger charge is 2.29. The second-order valence-electron chi connectivity index (χ2n) is 3.97. The smallest absolute Gasteiger partial charge is 0.260 e. The van der Waals surface area contributed by atoms with Gasteiger partial charge in [-0.25, -0.2) is 13.4 Å². The number of aliphatic hydroxyl groups is 1. The van der Waals surface area contributed by atoms with E-state index in [0.717, 1.165) is 0 Å². The molecular formula is C9H15N3O3S. The topological polar surface area (TPSA) is 86.3 Å². The summed E-state index contributed by atoms with van der Waals surface area (Å²) in [6.45, 7) is 2.43. The van der Waals surface area contributed by atoms with Crippen LogP contribution >= 0.6 is 0 Å². The van der Waals surface area contributed by atoms with E-state index in [4.69, 9.17) is 0 Å². The normalized spacial score (nSPS) is 20.1. The summed E-state index contributed by atoms with van der Waals surface area (Å²) in [5.74, 6) is 0.579. The first-order valence-electron chi connectivity index (χ1n) is 5.20. The molecule has 1 aliphatic heterocycles. The van der Waals surface area contributed by atoms with Gasteiger partial charge < -0.3 is 10.1 Å². The zero-order chi connectivity index (χ0) is 11.8. The summed E-state index contributed by atoms with van der Waals surface area (Å²) in [7, 11) is -3.46. The van der Waals surface area contributed by atoms with Crippen LogP contribution in [0.1, 0.15) is 18.7 Å². The average molecular weight is 245 g/mol. The van der Waals surface area contributed by atoms with Gasteiger partial charge in [-0.05, 0) is 19.8 Å². The summed E-state index contributed by atoms with van der Waals surface area (Å²) in [5.41, 5.74) is 0. The van der Waals surface area contributed by atoms with Crippen LogP contribution in [-0.4, -0.2) is 47.0 Å². The molecule has 0 spiro atoms. The predicted molar refractivity (Wildman–Crippen MR) is 57.3 cm³/mol. The monoisotopic (exact) mass is 245 g/mol. The van der Waals surface area contributed by atoms with Gasteiger partial charge in [-0.1, -0.05) is 0 Å². The van der Waals surface area contributed by atoms with Gasteiger partial charge in [-0.3, -0.25) is 0 Å². The van der Waals surface area contributed by atoms with Crippen molar-refractivity contribution in [1.29, 1.82) is 0 Å². The molecule has 0 bridgehead atoms. The quantitative estimate of drug-likeness (QED) is 0.759. The number of H-pyrrole nitrogens is 1. The molecule has 1 aromatic heterocycles. The van der Waals surface area contributed by atoms with E-state index >= 15 is 0 Å². The Labute approximate surface area is 94.4 Å². The van der Waals surface area contributed by atoms with Crippen molar-refractivity contribution in [2.45, 2.75) is 30.9 Å². The van der Waals surface area contributed by atoms with Crippen LogP contribution in [-0.2, 0) is 10.0 Å². The van der Waals surface area contributed by atoms with E-state index in [2.05, 4.69) is 9.97 Å². The lowest BCUT2D eigenvalue weighted by Crippen LogP contribution is -2.40. The SMILES string of the molecule is Cc1ncc(S(=O)(=O)N2CCC(O)CC2)[nH]1. The number of hydrogen-bond donors (Lipinski definition) is 2. The Morgan fingerprint density at radius 1 is 1.50 bits per heavy atom. The molecule has 2 N–H and O–H groups in total. The van der Waals surface area contributed by atoms with E-state index in [1.54, 1.807) is 6.92 Å². The molecule has 6 nitrogen and oxygen atoms in total. The summed E-state index contributed by atoms with van der Waals surface area (Å²) >= 11 is 0. The number of aryl methyl sites for hydroxylation is 1. The second-order valence-corrected chi connectivity index (χ2v) is 5.87. The van der Waals surface area contributed by atoms with Gasteiger partial charge in [0.05, 0.1) is 12.3 Å². The fraction of sp³-hybridized carbons (Fsp3) is 0.667. The van der Waals surface area contributed by atoms with E-state index < -0.39 is 10.0 Å². The Kier molecular flexibility index (Phi) is 3.00. The van der Waals surface area contributed by atoms with Crippen LogP contribution in [0.5, 0.6) is 0 Å². The second kappa shape index (κ2) is 4.15. The van der Waals surface area contributed by atoms with Crippen molar-refractivity contribution in [3.8, 4) is 0 Å². The first-order valence-corrected chi connectivity index (χ1v) is 6.64. The predicted octanol–water partition coefficient (Wildman–Crippen LogP) is -0.136. The summed E-state index contributed by atoms with van der Waals surface area (Å²) in [5, 5.41) is 9.45. The molecule has 1 aromatic rings. The van der Waals surface area contributed by atoms with Crippen LogP contribution in [0.2, 0.25) is 0 Å². The third kappa shape index (κ3) is 2.11. The molecule has 0 aromatic carbocycles. The minimum Gasteiger partial charge on any atom is -0.393 e.